The van der Waals surface area contributed by atoms with Gasteiger partial charge in [0.1, 0.15) is 0 Å². The normalized spacial score (nSPS) is 32.9. The summed E-state index contributed by atoms with van der Waals surface area (Å²) in [5.74, 6) is -20.4. The second-order valence-electron chi connectivity index (χ2n) is 5.12. The summed E-state index contributed by atoms with van der Waals surface area (Å²) in [5, 5.41) is 0. The first kappa shape index (κ1) is 25.7. The average Bonchev–Trinajstić information content (AvgIpc) is 2.91. The zero-order valence-electron chi connectivity index (χ0n) is 13.3. The first-order valence-corrected chi connectivity index (χ1v) is 6.47. The fourth-order valence-corrected chi connectivity index (χ4v) is 1.50. The molecule has 0 aromatic heterocycles. The molecule has 0 spiro atoms. The van der Waals surface area contributed by atoms with Crippen LogP contribution in [-0.2, 0) is 18.9 Å². The molecular formula is C11H3F15O4. The number of hydrogen-bond acceptors (Lipinski definition) is 4. The third-order valence-corrected chi connectivity index (χ3v) is 2.94. The Kier molecular flexibility index (Phi) is 6.08. The van der Waals surface area contributed by atoms with Gasteiger partial charge in [0.25, 0.3) is 0 Å². The topological polar surface area (TPSA) is 36.9 Å². The molecule has 0 aromatic rings. The van der Waals surface area contributed by atoms with Crippen LogP contribution >= 0.6 is 0 Å². The lowest BCUT2D eigenvalue weighted by molar-refractivity contribution is -0.422. The van der Waals surface area contributed by atoms with Crippen LogP contribution in [0.3, 0.4) is 0 Å². The van der Waals surface area contributed by atoms with E-state index in [1.54, 1.807) is 0 Å². The summed E-state index contributed by atoms with van der Waals surface area (Å²) >= 11 is 0. The van der Waals surface area contributed by atoms with Gasteiger partial charge in [0.15, 0.2) is 0 Å². The molecule has 0 saturated carbocycles. The molecular weight excluding hydrogens is 481 g/mol. The van der Waals surface area contributed by atoms with Gasteiger partial charge in [-0.05, 0) is 0 Å². The van der Waals surface area contributed by atoms with Crippen molar-refractivity contribution in [2.24, 2.45) is 0 Å². The van der Waals surface area contributed by atoms with Crippen molar-refractivity contribution in [3.8, 4) is 0 Å². The minimum absolute atomic E-state index is 0.295. The van der Waals surface area contributed by atoms with Gasteiger partial charge in [0, 0.05) is 6.92 Å². The van der Waals surface area contributed by atoms with E-state index in [0.29, 0.717) is 6.92 Å². The van der Waals surface area contributed by atoms with Crippen LogP contribution in [0.15, 0.2) is 24.1 Å². The lowest BCUT2D eigenvalue weighted by atomic mass is 10.1. The van der Waals surface area contributed by atoms with E-state index in [4.69, 9.17) is 0 Å². The smallest absolute Gasteiger partial charge is 0.414 e. The van der Waals surface area contributed by atoms with E-state index < -0.39 is 60.1 Å². The largest absolute Gasteiger partial charge is 0.473 e. The first-order valence-electron chi connectivity index (χ1n) is 6.47. The van der Waals surface area contributed by atoms with Crippen LogP contribution in [0.25, 0.3) is 0 Å². The highest BCUT2D eigenvalue weighted by Gasteiger charge is 2.88. The van der Waals surface area contributed by atoms with Gasteiger partial charge in [-0.25, -0.2) is 0 Å². The van der Waals surface area contributed by atoms with E-state index in [2.05, 4.69) is 18.9 Å². The lowest BCUT2D eigenvalue weighted by Gasteiger charge is -2.30. The summed E-state index contributed by atoms with van der Waals surface area (Å²) in [5.41, 5.74) is 0. The monoisotopic (exact) mass is 484 g/mol. The molecule has 0 aromatic carbocycles. The molecule has 176 valence electrons. The number of rotatable bonds is 0. The third kappa shape index (κ3) is 4.09. The Hall–Kier alpha value is -2.37. The van der Waals surface area contributed by atoms with Crippen molar-refractivity contribution >= 4 is 0 Å². The second-order valence-corrected chi connectivity index (χ2v) is 5.12. The highest BCUT2D eigenvalue weighted by molar-refractivity contribution is 5.09. The Morgan fingerprint density at radius 3 is 1.07 bits per heavy atom. The number of halogens is 15. The lowest BCUT2D eigenvalue weighted by Crippen LogP contribution is -2.62. The molecule has 2 fully saturated rings. The van der Waals surface area contributed by atoms with Crippen molar-refractivity contribution < 1.29 is 84.8 Å². The molecule has 2 aliphatic heterocycles. The molecule has 0 aliphatic carbocycles. The molecule has 0 bridgehead atoms. The van der Waals surface area contributed by atoms with Crippen molar-refractivity contribution in [2.75, 3.05) is 0 Å². The van der Waals surface area contributed by atoms with E-state index in [9.17, 15) is 65.9 Å². The van der Waals surface area contributed by atoms with Crippen LogP contribution < -0.4 is 0 Å². The Balaban J connectivity index is 0.000000325. The Morgan fingerprint density at radius 1 is 0.600 bits per heavy atom. The van der Waals surface area contributed by atoms with Crippen molar-refractivity contribution in [1.82, 2.24) is 0 Å². The van der Waals surface area contributed by atoms with E-state index in [0.717, 1.165) is 0 Å². The molecule has 3 unspecified atom stereocenters. The summed E-state index contributed by atoms with van der Waals surface area (Å²) in [4.78, 5) is 0. The minimum atomic E-state index is -6.60. The van der Waals surface area contributed by atoms with Crippen molar-refractivity contribution in [1.29, 1.82) is 0 Å². The maximum absolute atomic E-state index is 13.0. The van der Waals surface area contributed by atoms with Gasteiger partial charge in [0.05, 0.1) is 0 Å². The average molecular weight is 484 g/mol. The molecule has 4 nitrogen and oxygen atoms in total. The van der Waals surface area contributed by atoms with Crippen molar-refractivity contribution in [2.45, 2.75) is 42.9 Å². The molecule has 30 heavy (non-hydrogen) atoms. The molecule has 0 radical (unpaired) electrons. The van der Waals surface area contributed by atoms with E-state index in [-0.39, 0.29) is 0 Å². The zero-order chi connectivity index (χ0) is 24.1. The second kappa shape index (κ2) is 7.10. The maximum atomic E-state index is 13.0. The molecule has 0 N–H and O–H groups in total. The number of hydrogen-bond donors (Lipinski definition) is 0. The number of ether oxygens (including phenoxy) is 4. The Labute approximate surface area is 153 Å². The minimum Gasteiger partial charge on any atom is -0.414 e. The van der Waals surface area contributed by atoms with Gasteiger partial charge in [-0.3, -0.25) is 0 Å². The summed E-state index contributed by atoms with van der Waals surface area (Å²) in [7, 11) is 0. The zero-order valence-corrected chi connectivity index (χ0v) is 13.3. The Morgan fingerprint density at radius 2 is 0.900 bits per heavy atom. The fraction of sp³-hybridized carbons (Fsp3) is 0.636. The summed E-state index contributed by atoms with van der Waals surface area (Å²) in [6.45, 7) is 0.295. The van der Waals surface area contributed by atoms with E-state index in [1.165, 1.54) is 0 Å². The summed E-state index contributed by atoms with van der Waals surface area (Å²) in [6.07, 6.45) is -23.6. The van der Waals surface area contributed by atoms with Gasteiger partial charge in [-0.1, -0.05) is 0 Å². The van der Waals surface area contributed by atoms with Crippen LogP contribution in [0, 0.1) is 0 Å². The van der Waals surface area contributed by atoms with Gasteiger partial charge in [-0.2, -0.15) is 65.9 Å². The standard InChI is InChI=1S/C6F10O2.C5H3F5O2/c7-1(8)2-17-3(9,5(11,12)13)4(10,18-2)6(14,15)16;1-4(8)5(9,10)12-3(11-4)2(6)7/h;1H3. The highest BCUT2D eigenvalue weighted by Crippen LogP contribution is 2.59. The molecule has 0 amide bonds. The molecule has 3 atom stereocenters. The predicted octanol–water partition coefficient (Wildman–Crippen LogP) is 5.93. The van der Waals surface area contributed by atoms with Crippen LogP contribution in [0.2, 0.25) is 0 Å². The van der Waals surface area contributed by atoms with Crippen molar-refractivity contribution in [3.05, 3.63) is 24.1 Å². The van der Waals surface area contributed by atoms with Crippen LogP contribution in [0.4, 0.5) is 65.9 Å². The third-order valence-electron chi connectivity index (χ3n) is 2.94. The van der Waals surface area contributed by atoms with Crippen LogP contribution in [-0.4, -0.2) is 36.0 Å². The molecule has 2 saturated heterocycles. The fourth-order valence-electron chi connectivity index (χ4n) is 1.50. The molecule has 2 aliphatic rings. The number of alkyl halides is 11. The summed E-state index contributed by atoms with van der Waals surface area (Å²) in [6, 6.07) is 0. The van der Waals surface area contributed by atoms with E-state index in [1.807, 2.05) is 0 Å². The predicted molar refractivity (Wildman–Crippen MR) is 57.1 cm³/mol. The van der Waals surface area contributed by atoms with Gasteiger partial charge >= 0.3 is 60.1 Å². The Bertz CT molecular complexity index is 682. The van der Waals surface area contributed by atoms with Gasteiger partial charge in [0.2, 0.25) is 0 Å². The molecule has 19 heteroatoms. The quantitative estimate of drug-likeness (QED) is 0.400. The van der Waals surface area contributed by atoms with Gasteiger partial charge in [-0.15, -0.1) is 0 Å². The highest BCUT2D eigenvalue weighted by atomic mass is 19.4. The molecule has 2 heterocycles. The van der Waals surface area contributed by atoms with Crippen molar-refractivity contribution in [3.63, 3.8) is 0 Å². The van der Waals surface area contributed by atoms with Gasteiger partial charge < -0.3 is 18.9 Å². The molecule has 2 rings (SSSR count). The van der Waals surface area contributed by atoms with E-state index >= 15 is 0 Å². The maximum Gasteiger partial charge on any atom is 0.473 e. The summed E-state index contributed by atoms with van der Waals surface area (Å²) < 4.78 is 194. The van der Waals surface area contributed by atoms with Crippen LogP contribution in [0.1, 0.15) is 6.92 Å². The first-order chi connectivity index (χ1) is 13.0. The SMILES string of the molecule is CC1(F)OC(=C(F)F)OC1(F)F.FC(F)=C1OC(F)(C(F)(F)F)C(F)(C(F)(F)F)O1. The van der Waals surface area contributed by atoms with Crippen LogP contribution in [0.5, 0.6) is 0 Å².